The van der Waals surface area contributed by atoms with Crippen molar-refractivity contribution in [3.63, 3.8) is 0 Å². The molecule has 0 aliphatic rings. The Morgan fingerprint density at radius 2 is 0.566 bits per heavy atom. The van der Waals surface area contributed by atoms with Gasteiger partial charge in [0.2, 0.25) is 0 Å². The number of nitrogens with zero attached hydrogens (tertiary/aromatic N) is 1. The molecule has 0 saturated heterocycles. The number of hydrogen-bond acceptors (Lipinski definition) is 1. The van der Waals surface area contributed by atoms with Crippen molar-refractivity contribution in [1.82, 2.24) is 0 Å². The van der Waals surface area contributed by atoms with E-state index in [0.29, 0.717) is 0 Å². The molecule has 0 amide bonds. The van der Waals surface area contributed by atoms with Gasteiger partial charge < -0.3 is 4.90 Å². The fraction of sp³-hybridized carbons (Fsp3) is 0. The first-order valence-corrected chi connectivity index (χ1v) is 18.3. The van der Waals surface area contributed by atoms with Gasteiger partial charge in [-0.05, 0) is 106 Å². The molecule has 246 valence electrons. The van der Waals surface area contributed by atoms with Crippen LogP contribution in [-0.2, 0) is 0 Å². The van der Waals surface area contributed by atoms with Crippen LogP contribution in [0.15, 0.2) is 200 Å². The molecule has 0 fully saturated rings. The van der Waals surface area contributed by atoms with Crippen molar-refractivity contribution in [3.05, 3.63) is 200 Å². The van der Waals surface area contributed by atoms with Crippen molar-refractivity contribution in [2.75, 3.05) is 4.90 Å². The zero-order valence-electron chi connectivity index (χ0n) is 29.0. The maximum Gasteiger partial charge on any atom is 0.0546 e. The van der Waals surface area contributed by atoms with Crippen LogP contribution in [0.2, 0.25) is 0 Å². The van der Waals surface area contributed by atoms with E-state index in [0.717, 1.165) is 17.1 Å². The molecule has 0 radical (unpaired) electrons. The van der Waals surface area contributed by atoms with E-state index < -0.39 is 0 Å². The first-order chi connectivity index (χ1) is 26.3. The van der Waals surface area contributed by atoms with Gasteiger partial charge in [-0.3, -0.25) is 0 Å². The number of rotatable bonds is 4. The molecule has 0 aromatic heterocycles. The van der Waals surface area contributed by atoms with Gasteiger partial charge in [0.15, 0.2) is 0 Å². The van der Waals surface area contributed by atoms with E-state index in [1.165, 1.54) is 86.5 Å². The quantitative estimate of drug-likeness (QED) is 0.168. The minimum atomic E-state index is 1.12. The van der Waals surface area contributed by atoms with Gasteiger partial charge in [-0.25, -0.2) is 0 Å². The Balaban J connectivity index is 1.14. The first-order valence-electron chi connectivity index (χ1n) is 18.3. The third kappa shape index (κ3) is 4.64. The second kappa shape index (κ2) is 11.8. The molecule has 0 unspecified atom stereocenters. The van der Waals surface area contributed by atoms with Crippen LogP contribution in [-0.4, -0.2) is 0 Å². The van der Waals surface area contributed by atoms with Crippen molar-refractivity contribution in [1.29, 1.82) is 0 Å². The zero-order valence-corrected chi connectivity index (χ0v) is 29.0. The van der Waals surface area contributed by atoms with E-state index in [-0.39, 0.29) is 0 Å². The molecular formula is C52H33N. The molecule has 11 rings (SSSR count). The Labute approximate surface area is 307 Å². The summed E-state index contributed by atoms with van der Waals surface area (Å²) in [5.74, 6) is 0. The van der Waals surface area contributed by atoms with E-state index >= 15 is 0 Å². The van der Waals surface area contributed by atoms with E-state index in [4.69, 9.17) is 0 Å². The SMILES string of the molecule is c1ccc2c(c1)cc(N(c1ccc(-c3ccc4c5ccccc5c5ccccc5c4c3)cc1)c1cc3ccccc3c3ccccc13)c1ccccc12. The largest absolute Gasteiger partial charge is 0.309 e. The van der Waals surface area contributed by atoms with Gasteiger partial charge in [0.25, 0.3) is 0 Å². The Morgan fingerprint density at radius 3 is 1.04 bits per heavy atom. The zero-order chi connectivity index (χ0) is 34.9. The predicted octanol–water partition coefficient (Wildman–Crippen LogP) is 14.9. The molecule has 0 bridgehead atoms. The molecule has 0 aliphatic heterocycles. The van der Waals surface area contributed by atoms with Gasteiger partial charge in [-0.15, -0.1) is 0 Å². The van der Waals surface area contributed by atoms with Gasteiger partial charge >= 0.3 is 0 Å². The number of hydrogen-bond donors (Lipinski definition) is 0. The van der Waals surface area contributed by atoms with Crippen LogP contribution < -0.4 is 4.90 Å². The van der Waals surface area contributed by atoms with E-state index in [1.807, 2.05) is 0 Å². The molecule has 0 N–H and O–H groups in total. The molecule has 11 aromatic carbocycles. The summed E-state index contributed by atoms with van der Waals surface area (Å²) in [5, 5.41) is 17.7. The lowest BCUT2D eigenvalue weighted by Crippen LogP contribution is -2.11. The number of fused-ring (bicyclic) bond motifs is 12. The van der Waals surface area contributed by atoms with Crippen LogP contribution in [0.1, 0.15) is 0 Å². The van der Waals surface area contributed by atoms with Gasteiger partial charge in [0.05, 0.1) is 11.4 Å². The predicted molar refractivity (Wildman–Crippen MR) is 229 cm³/mol. The summed E-state index contributed by atoms with van der Waals surface area (Å²) >= 11 is 0. The number of benzene rings is 11. The summed E-state index contributed by atoms with van der Waals surface area (Å²) in [7, 11) is 0. The minimum Gasteiger partial charge on any atom is -0.309 e. The van der Waals surface area contributed by atoms with Crippen LogP contribution in [0.3, 0.4) is 0 Å². The summed E-state index contributed by atoms with van der Waals surface area (Å²) < 4.78 is 0. The molecule has 53 heavy (non-hydrogen) atoms. The molecule has 0 saturated carbocycles. The number of anilines is 3. The molecule has 11 aromatic rings. The van der Waals surface area contributed by atoms with Gasteiger partial charge in [0.1, 0.15) is 0 Å². The Hall–Kier alpha value is -6.96. The van der Waals surface area contributed by atoms with E-state index in [2.05, 4.69) is 205 Å². The average Bonchev–Trinajstić information content (AvgIpc) is 3.24. The topological polar surface area (TPSA) is 3.24 Å². The highest BCUT2D eigenvalue weighted by Crippen LogP contribution is 2.46. The summed E-state index contributed by atoms with van der Waals surface area (Å²) in [6.07, 6.45) is 0. The molecule has 1 heteroatoms. The highest BCUT2D eigenvalue weighted by Gasteiger charge is 2.21. The van der Waals surface area contributed by atoms with Gasteiger partial charge in [-0.1, -0.05) is 170 Å². The van der Waals surface area contributed by atoms with Crippen LogP contribution in [0, 0.1) is 0 Å². The maximum atomic E-state index is 2.48. The Kier molecular flexibility index (Phi) is 6.62. The second-order valence-corrected chi connectivity index (χ2v) is 14.1. The first kappa shape index (κ1) is 29.7. The van der Waals surface area contributed by atoms with Gasteiger partial charge in [-0.2, -0.15) is 0 Å². The van der Waals surface area contributed by atoms with Crippen molar-refractivity contribution >= 4 is 92.5 Å². The second-order valence-electron chi connectivity index (χ2n) is 14.1. The Bertz CT molecular complexity index is 3070. The third-order valence-corrected chi connectivity index (χ3v) is 11.2. The fourth-order valence-corrected chi connectivity index (χ4v) is 8.74. The lowest BCUT2D eigenvalue weighted by molar-refractivity contribution is 1.32. The van der Waals surface area contributed by atoms with Gasteiger partial charge in [0, 0.05) is 16.5 Å². The Morgan fingerprint density at radius 1 is 0.226 bits per heavy atom. The van der Waals surface area contributed by atoms with Crippen molar-refractivity contribution < 1.29 is 0 Å². The lowest BCUT2D eigenvalue weighted by atomic mass is 9.92. The standard InChI is InChI=1S/C52H33N/c1-3-15-39-36(13-1)32-51(48-23-11-9-17-41(39)48)53(52-33-37-14-2-4-16-40(37)42-18-10-12-24-49(42)52)38-28-25-34(26-29-38)35-27-30-47-45-21-6-5-19-43(45)44-20-7-8-22-46(44)50(47)31-35/h1-33H. The van der Waals surface area contributed by atoms with E-state index in [9.17, 15) is 0 Å². The van der Waals surface area contributed by atoms with Crippen molar-refractivity contribution in [2.24, 2.45) is 0 Å². The summed E-state index contributed by atoms with van der Waals surface area (Å²) in [6, 6.07) is 73.6. The molecule has 0 spiro atoms. The van der Waals surface area contributed by atoms with Crippen LogP contribution in [0.25, 0.3) is 86.5 Å². The molecule has 0 heterocycles. The fourth-order valence-electron chi connectivity index (χ4n) is 8.74. The van der Waals surface area contributed by atoms with Crippen molar-refractivity contribution in [3.8, 4) is 11.1 Å². The maximum absolute atomic E-state index is 2.48. The molecule has 0 aliphatic carbocycles. The molecule has 1 nitrogen and oxygen atoms in total. The normalized spacial score (nSPS) is 11.8. The highest BCUT2D eigenvalue weighted by atomic mass is 15.1. The molecular weight excluding hydrogens is 639 g/mol. The van der Waals surface area contributed by atoms with Crippen LogP contribution >= 0.6 is 0 Å². The highest BCUT2D eigenvalue weighted by molar-refractivity contribution is 6.26. The monoisotopic (exact) mass is 671 g/mol. The van der Waals surface area contributed by atoms with E-state index in [1.54, 1.807) is 0 Å². The van der Waals surface area contributed by atoms with Crippen molar-refractivity contribution in [2.45, 2.75) is 0 Å². The summed E-state index contributed by atoms with van der Waals surface area (Å²) in [4.78, 5) is 2.48. The van der Waals surface area contributed by atoms with Crippen LogP contribution in [0.4, 0.5) is 17.1 Å². The minimum absolute atomic E-state index is 1.12. The lowest BCUT2D eigenvalue weighted by Gasteiger charge is -2.29. The molecule has 0 atom stereocenters. The third-order valence-electron chi connectivity index (χ3n) is 11.2. The smallest absolute Gasteiger partial charge is 0.0546 e. The summed E-state index contributed by atoms with van der Waals surface area (Å²) in [6.45, 7) is 0. The summed E-state index contributed by atoms with van der Waals surface area (Å²) in [5.41, 5.74) is 5.85. The van der Waals surface area contributed by atoms with Crippen LogP contribution in [0.5, 0.6) is 0 Å². The average molecular weight is 672 g/mol.